The SMILES string of the molecule is CCSc1cccc(C(=O)N=c2sc3cc4c(cc3n2CC)OCO4)c1. The van der Waals surface area contributed by atoms with Gasteiger partial charge in [0.15, 0.2) is 16.3 Å². The fourth-order valence-electron chi connectivity index (χ4n) is 2.89. The number of ether oxygens (including phenoxy) is 2. The molecule has 0 N–H and O–H groups in total. The maximum absolute atomic E-state index is 12.7. The third kappa shape index (κ3) is 3.12. The van der Waals surface area contributed by atoms with Gasteiger partial charge in [-0.25, -0.2) is 0 Å². The topological polar surface area (TPSA) is 52.8 Å². The lowest BCUT2D eigenvalue weighted by molar-refractivity contribution is 0.0997. The van der Waals surface area contributed by atoms with Crippen molar-refractivity contribution in [3.8, 4) is 11.5 Å². The zero-order valence-electron chi connectivity index (χ0n) is 14.5. The second kappa shape index (κ2) is 7.17. The molecule has 1 amide bonds. The predicted molar refractivity (Wildman–Crippen MR) is 104 cm³/mol. The molecule has 5 nitrogen and oxygen atoms in total. The van der Waals surface area contributed by atoms with Crippen LogP contribution in [0.25, 0.3) is 10.2 Å². The lowest BCUT2D eigenvalue weighted by atomic mass is 10.2. The van der Waals surface area contributed by atoms with Gasteiger partial charge in [0.1, 0.15) is 0 Å². The van der Waals surface area contributed by atoms with Crippen LogP contribution in [0.4, 0.5) is 0 Å². The smallest absolute Gasteiger partial charge is 0.279 e. The molecule has 1 aliphatic rings. The quantitative estimate of drug-likeness (QED) is 0.627. The van der Waals surface area contributed by atoms with Gasteiger partial charge in [0, 0.05) is 29.1 Å². The van der Waals surface area contributed by atoms with E-state index in [1.807, 2.05) is 47.9 Å². The van der Waals surface area contributed by atoms with E-state index in [1.165, 1.54) is 11.3 Å². The third-order valence-corrected chi connectivity index (χ3v) is 6.00. The van der Waals surface area contributed by atoms with Crippen LogP contribution in [-0.2, 0) is 6.54 Å². The van der Waals surface area contributed by atoms with Gasteiger partial charge in [0.25, 0.3) is 5.91 Å². The van der Waals surface area contributed by atoms with Gasteiger partial charge >= 0.3 is 0 Å². The van der Waals surface area contributed by atoms with Crippen molar-refractivity contribution in [3.05, 3.63) is 46.8 Å². The van der Waals surface area contributed by atoms with E-state index in [4.69, 9.17) is 9.47 Å². The fourth-order valence-corrected chi connectivity index (χ4v) is 4.71. The van der Waals surface area contributed by atoms with E-state index < -0.39 is 0 Å². The zero-order valence-corrected chi connectivity index (χ0v) is 16.2. The lowest BCUT2D eigenvalue weighted by Crippen LogP contribution is -2.15. The molecule has 0 spiro atoms. The first-order valence-electron chi connectivity index (χ1n) is 8.44. The van der Waals surface area contributed by atoms with E-state index in [2.05, 4.69) is 11.9 Å². The third-order valence-electron chi connectivity index (χ3n) is 4.08. The molecule has 0 unspecified atom stereocenters. The molecule has 0 bridgehead atoms. The van der Waals surface area contributed by atoms with Crippen molar-refractivity contribution >= 4 is 39.2 Å². The second-order valence-electron chi connectivity index (χ2n) is 5.68. The van der Waals surface area contributed by atoms with Crippen LogP contribution in [0.5, 0.6) is 11.5 Å². The Kier molecular flexibility index (Phi) is 4.74. The van der Waals surface area contributed by atoms with Crippen molar-refractivity contribution < 1.29 is 14.3 Å². The van der Waals surface area contributed by atoms with E-state index in [9.17, 15) is 4.79 Å². The van der Waals surface area contributed by atoms with Crippen LogP contribution in [0.15, 0.2) is 46.3 Å². The summed E-state index contributed by atoms with van der Waals surface area (Å²) in [5.41, 5.74) is 1.61. The predicted octanol–water partition coefficient (Wildman–Crippen LogP) is 4.30. The van der Waals surface area contributed by atoms with Gasteiger partial charge in [0.05, 0.1) is 10.2 Å². The van der Waals surface area contributed by atoms with Crippen LogP contribution in [0.3, 0.4) is 0 Å². The summed E-state index contributed by atoms with van der Waals surface area (Å²) in [6, 6.07) is 11.5. The molecule has 2 heterocycles. The molecule has 26 heavy (non-hydrogen) atoms. The fraction of sp³-hybridized carbons (Fsp3) is 0.263. The minimum Gasteiger partial charge on any atom is -0.454 e. The molecule has 2 aromatic carbocycles. The number of thioether (sulfide) groups is 1. The van der Waals surface area contributed by atoms with Crippen LogP contribution >= 0.6 is 23.1 Å². The summed E-state index contributed by atoms with van der Waals surface area (Å²) in [4.78, 5) is 18.8. The number of hydrogen-bond acceptors (Lipinski definition) is 5. The largest absolute Gasteiger partial charge is 0.454 e. The summed E-state index contributed by atoms with van der Waals surface area (Å²) >= 11 is 3.20. The number of aromatic nitrogens is 1. The van der Waals surface area contributed by atoms with E-state index in [-0.39, 0.29) is 12.7 Å². The number of nitrogens with zero attached hydrogens (tertiary/aromatic N) is 2. The second-order valence-corrected chi connectivity index (χ2v) is 8.03. The van der Waals surface area contributed by atoms with Crippen LogP contribution in [0.1, 0.15) is 24.2 Å². The molecule has 0 saturated heterocycles. The Morgan fingerprint density at radius 3 is 2.81 bits per heavy atom. The van der Waals surface area contributed by atoms with Crippen molar-refractivity contribution in [2.45, 2.75) is 25.3 Å². The highest BCUT2D eigenvalue weighted by molar-refractivity contribution is 7.99. The molecule has 4 rings (SSSR count). The summed E-state index contributed by atoms with van der Waals surface area (Å²) in [6.45, 7) is 5.10. The number of carbonyl (C=O) groups excluding carboxylic acids is 1. The molecule has 0 saturated carbocycles. The van der Waals surface area contributed by atoms with Gasteiger partial charge in [-0.05, 0) is 30.9 Å². The molecule has 0 fully saturated rings. The van der Waals surface area contributed by atoms with Crippen molar-refractivity contribution in [3.63, 3.8) is 0 Å². The summed E-state index contributed by atoms with van der Waals surface area (Å²) < 4.78 is 14.0. The van der Waals surface area contributed by atoms with Crippen LogP contribution in [-0.4, -0.2) is 23.0 Å². The van der Waals surface area contributed by atoms with Gasteiger partial charge in [0.2, 0.25) is 6.79 Å². The van der Waals surface area contributed by atoms with Crippen molar-refractivity contribution in [2.75, 3.05) is 12.5 Å². The number of carbonyl (C=O) groups is 1. The van der Waals surface area contributed by atoms with E-state index >= 15 is 0 Å². The van der Waals surface area contributed by atoms with Crippen LogP contribution in [0.2, 0.25) is 0 Å². The highest BCUT2D eigenvalue weighted by atomic mass is 32.2. The summed E-state index contributed by atoms with van der Waals surface area (Å²) in [6.07, 6.45) is 0. The average Bonchev–Trinajstić information content (AvgIpc) is 3.23. The minimum absolute atomic E-state index is 0.225. The van der Waals surface area contributed by atoms with E-state index in [0.717, 1.165) is 38.9 Å². The first-order chi connectivity index (χ1) is 12.7. The molecule has 7 heteroatoms. The Balaban J connectivity index is 1.78. The zero-order chi connectivity index (χ0) is 18.1. The maximum atomic E-state index is 12.7. The highest BCUT2D eigenvalue weighted by Gasteiger charge is 2.17. The first-order valence-corrected chi connectivity index (χ1v) is 10.2. The standard InChI is InChI=1S/C19H18N2O3S2/c1-3-21-14-9-15-16(24-11-23-15)10-17(14)26-19(21)20-18(22)12-6-5-7-13(8-12)25-4-2/h5-10H,3-4,11H2,1-2H3. The Bertz CT molecular complexity index is 1050. The normalized spacial score (nSPS) is 13.5. The summed E-state index contributed by atoms with van der Waals surface area (Å²) in [5, 5.41) is 0. The van der Waals surface area contributed by atoms with Gasteiger partial charge in [-0.2, -0.15) is 4.99 Å². The van der Waals surface area contributed by atoms with E-state index in [1.54, 1.807) is 11.8 Å². The van der Waals surface area contributed by atoms with Crippen molar-refractivity contribution in [1.29, 1.82) is 0 Å². The first kappa shape index (κ1) is 17.2. The molecule has 0 radical (unpaired) electrons. The molecular formula is C19H18N2O3S2. The van der Waals surface area contributed by atoms with E-state index in [0.29, 0.717) is 10.4 Å². The summed E-state index contributed by atoms with van der Waals surface area (Å²) in [5.74, 6) is 2.22. The average molecular weight is 386 g/mol. The number of aryl methyl sites for hydroxylation is 1. The van der Waals surface area contributed by atoms with Crippen molar-refractivity contribution in [1.82, 2.24) is 4.57 Å². The lowest BCUT2D eigenvalue weighted by Gasteiger charge is -2.02. The van der Waals surface area contributed by atoms with Crippen molar-refractivity contribution in [2.24, 2.45) is 4.99 Å². The Morgan fingerprint density at radius 1 is 1.23 bits per heavy atom. The number of rotatable bonds is 4. The Morgan fingerprint density at radius 2 is 2.04 bits per heavy atom. The van der Waals surface area contributed by atoms with Gasteiger partial charge < -0.3 is 14.0 Å². The van der Waals surface area contributed by atoms with Gasteiger partial charge in [-0.3, -0.25) is 4.79 Å². The molecular weight excluding hydrogens is 368 g/mol. The molecule has 1 aromatic heterocycles. The number of fused-ring (bicyclic) bond motifs is 2. The van der Waals surface area contributed by atoms with Gasteiger partial charge in [-0.1, -0.05) is 24.3 Å². The van der Waals surface area contributed by atoms with Crippen LogP contribution < -0.4 is 14.3 Å². The van der Waals surface area contributed by atoms with Gasteiger partial charge in [-0.15, -0.1) is 11.8 Å². The molecule has 0 aliphatic carbocycles. The highest BCUT2D eigenvalue weighted by Crippen LogP contribution is 2.36. The minimum atomic E-state index is -0.225. The number of hydrogen-bond donors (Lipinski definition) is 0. The number of thiazole rings is 1. The monoisotopic (exact) mass is 386 g/mol. The molecule has 0 atom stereocenters. The number of amides is 1. The Labute approximate surface area is 159 Å². The van der Waals surface area contributed by atoms with Crippen LogP contribution in [0, 0.1) is 0 Å². The Hall–Kier alpha value is -2.25. The molecule has 1 aliphatic heterocycles. The summed E-state index contributed by atoms with van der Waals surface area (Å²) in [7, 11) is 0. The molecule has 3 aromatic rings. The molecule has 134 valence electrons. The maximum Gasteiger partial charge on any atom is 0.279 e. The number of benzene rings is 2.